The van der Waals surface area contributed by atoms with Gasteiger partial charge in [0.1, 0.15) is 0 Å². The van der Waals surface area contributed by atoms with Crippen LogP contribution in [0.25, 0.3) is 16.6 Å². The van der Waals surface area contributed by atoms with Gasteiger partial charge in [-0.25, -0.2) is 4.68 Å². The summed E-state index contributed by atoms with van der Waals surface area (Å²) in [4.78, 5) is 0. The highest BCUT2D eigenvalue weighted by molar-refractivity contribution is 6.35. The number of fused-ring (bicyclic) bond motifs is 1. The van der Waals surface area contributed by atoms with Crippen molar-refractivity contribution in [2.75, 3.05) is 0 Å². The maximum Gasteiger partial charge on any atom is 0.0840 e. The maximum atomic E-state index is 6.18. The molecule has 1 aromatic heterocycles. The van der Waals surface area contributed by atoms with Crippen LogP contribution >= 0.6 is 23.2 Å². The van der Waals surface area contributed by atoms with Crippen molar-refractivity contribution in [2.45, 2.75) is 0 Å². The third kappa shape index (κ3) is 1.79. The molecule has 0 bridgehead atoms. The van der Waals surface area contributed by atoms with E-state index in [4.69, 9.17) is 23.2 Å². The molecule has 0 saturated heterocycles. The maximum absolute atomic E-state index is 6.18. The first-order chi connectivity index (χ1) is 8.25. The van der Waals surface area contributed by atoms with Crippen LogP contribution in [0, 0.1) is 0 Å². The Morgan fingerprint density at radius 3 is 2.65 bits per heavy atom. The fourth-order valence-electron chi connectivity index (χ4n) is 1.82. The van der Waals surface area contributed by atoms with E-state index in [1.807, 2.05) is 41.2 Å². The van der Waals surface area contributed by atoms with Crippen LogP contribution in [-0.4, -0.2) is 9.78 Å². The van der Waals surface area contributed by atoms with E-state index < -0.39 is 0 Å². The third-order valence-corrected chi connectivity index (χ3v) is 3.15. The van der Waals surface area contributed by atoms with Gasteiger partial charge in [-0.1, -0.05) is 41.4 Å². The quantitative estimate of drug-likeness (QED) is 0.638. The smallest absolute Gasteiger partial charge is 0.0840 e. The summed E-state index contributed by atoms with van der Waals surface area (Å²) in [5, 5.41) is 6.64. The van der Waals surface area contributed by atoms with Crippen LogP contribution in [-0.2, 0) is 0 Å². The minimum Gasteiger partial charge on any atom is -0.232 e. The van der Waals surface area contributed by atoms with E-state index in [9.17, 15) is 0 Å². The lowest BCUT2D eigenvalue weighted by atomic mass is 10.2. The highest BCUT2D eigenvalue weighted by Crippen LogP contribution is 2.26. The molecule has 0 aliphatic heterocycles. The molecule has 0 amide bonds. The fraction of sp³-hybridized carbons (Fsp3) is 0. The number of hydrogen-bond acceptors (Lipinski definition) is 1. The Labute approximate surface area is 108 Å². The molecule has 3 rings (SSSR count). The molecule has 1 heterocycles. The minimum absolute atomic E-state index is 0.589. The van der Waals surface area contributed by atoms with Crippen LogP contribution in [0.3, 0.4) is 0 Å². The molecule has 0 aliphatic rings. The standard InChI is InChI=1S/C13H8Cl2N2/c14-10-5-6-13(11(15)7-10)17-12-4-2-1-3-9(12)8-16-17/h1-8H. The summed E-state index contributed by atoms with van der Waals surface area (Å²) in [5.41, 5.74) is 1.86. The SMILES string of the molecule is Clc1ccc(-n2ncc3ccccc32)c(Cl)c1. The average Bonchev–Trinajstić information content (AvgIpc) is 2.73. The zero-order valence-corrected chi connectivity index (χ0v) is 10.3. The Hall–Kier alpha value is -1.51. The zero-order chi connectivity index (χ0) is 11.8. The number of rotatable bonds is 1. The average molecular weight is 263 g/mol. The second-order valence-corrected chi connectivity index (χ2v) is 4.55. The fourth-order valence-corrected chi connectivity index (χ4v) is 2.31. The normalized spacial score (nSPS) is 10.9. The zero-order valence-electron chi connectivity index (χ0n) is 8.77. The number of halogens is 2. The monoisotopic (exact) mass is 262 g/mol. The first-order valence-electron chi connectivity index (χ1n) is 5.14. The molecular formula is C13H8Cl2N2. The van der Waals surface area contributed by atoms with E-state index in [0.717, 1.165) is 16.6 Å². The van der Waals surface area contributed by atoms with Crippen molar-refractivity contribution in [3.8, 4) is 5.69 Å². The summed E-state index contributed by atoms with van der Waals surface area (Å²) < 4.78 is 1.81. The van der Waals surface area contributed by atoms with Crippen LogP contribution in [0.15, 0.2) is 48.7 Å². The number of para-hydroxylation sites is 1. The Bertz CT molecular complexity index is 689. The Morgan fingerprint density at radius 2 is 1.82 bits per heavy atom. The van der Waals surface area contributed by atoms with Gasteiger partial charge in [-0.05, 0) is 24.3 Å². The molecule has 0 fully saturated rings. The predicted molar refractivity (Wildman–Crippen MR) is 71.1 cm³/mol. The predicted octanol–water partition coefficient (Wildman–Crippen LogP) is 4.33. The van der Waals surface area contributed by atoms with Gasteiger partial charge in [-0.15, -0.1) is 0 Å². The van der Waals surface area contributed by atoms with Crippen molar-refractivity contribution in [3.63, 3.8) is 0 Å². The van der Waals surface area contributed by atoms with Gasteiger partial charge < -0.3 is 0 Å². The summed E-state index contributed by atoms with van der Waals surface area (Å²) in [6, 6.07) is 13.4. The summed E-state index contributed by atoms with van der Waals surface area (Å²) in [7, 11) is 0. The molecular weight excluding hydrogens is 255 g/mol. The molecule has 0 aliphatic carbocycles. The molecule has 0 atom stereocenters. The summed E-state index contributed by atoms with van der Waals surface area (Å²) in [6.07, 6.45) is 1.82. The van der Waals surface area contributed by atoms with E-state index in [0.29, 0.717) is 10.0 Å². The largest absolute Gasteiger partial charge is 0.232 e. The molecule has 0 unspecified atom stereocenters. The van der Waals surface area contributed by atoms with Gasteiger partial charge in [0.25, 0.3) is 0 Å². The second kappa shape index (κ2) is 4.06. The highest BCUT2D eigenvalue weighted by Gasteiger charge is 2.07. The molecule has 4 heteroatoms. The Kier molecular flexibility index (Phi) is 2.54. The number of nitrogens with zero attached hydrogens (tertiary/aromatic N) is 2. The van der Waals surface area contributed by atoms with Crippen LogP contribution < -0.4 is 0 Å². The van der Waals surface area contributed by atoms with E-state index in [1.54, 1.807) is 12.1 Å². The van der Waals surface area contributed by atoms with Crippen molar-refractivity contribution in [1.82, 2.24) is 9.78 Å². The van der Waals surface area contributed by atoms with Gasteiger partial charge in [-0.2, -0.15) is 5.10 Å². The summed E-state index contributed by atoms with van der Waals surface area (Å²) in [6.45, 7) is 0. The molecule has 0 spiro atoms. The van der Waals surface area contributed by atoms with Crippen molar-refractivity contribution in [3.05, 3.63) is 58.7 Å². The summed E-state index contributed by atoms with van der Waals surface area (Å²) >= 11 is 12.1. The third-order valence-electron chi connectivity index (χ3n) is 2.62. The van der Waals surface area contributed by atoms with Gasteiger partial charge >= 0.3 is 0 Å². The van der Waals surface area contributed by atoms with E-state index >= 15 is 0 Å². The van der Waals surface area contributed by atoms with Crippen LogP contribution in [0.2, 0.25) is 10.0 Å². The summed E-state index contributed by atoms with van der Waals surface area (Å²) in [5.74, 6) is 0. The van der Waals surface area contributed by atoms with Crippen LogP contribution in [0.5, 0.6) is 0 Å². The van der Waals surface area contributed by atoms with Gasteiger partial charge in [0, 0.05) is 10.4 Å². The lowest BCUT2D eigenvalue weighted by molar-refractivity contribution is 0.911. The molecule has 17 heavy (non-hydrogen) atoms. The molecule has 3 aromatic rings. The minimum atomic E-state index is 0.589. The lowest BCUT2D eigenvalue weighted by Gasteiger charge is -2.06. The Balaban J connectivity index is 2.27. The number of benzene rings is 2. The molecule has 2 nitrogen and oxygen atoms in total. The van der Waals surface area contributed by atoms with Crippen molar-refractivity contribution in [2.24, 2.45) is 0 Å². The van der Waals surface area contributed by atoms with Crippen molar-refractivity contribution < 1.29 is 0 Å². The molecule has 2 aromatic carbocycles. The molecule has 84 valence electrons. The van der Waals surface area contributed by atoms with Crippen LogP contribution in [0.1, 0.15) is 0 Å². The van der Waals surface area contributed by atoms with Gasteiger partial charge in [0.2, 0.25) is 0 Å². The van der Waals surface area contributed by atoms with E-state index in [2.05, 4.69) is 5.10 Å². The second-order valence-electron chi connectivity index (χ2n) is 3.71. The van der Waals surface area contributed by atoms with Gasteiger partial charge in [-0.3, -0.25) is 0 Å². The van der Waals surface area contributed by atoms with Crippen molar-refractivity contribution in [1.29, 1.82) is 0 Å². The number of hydrogen-bond donors (Lipinski definition) is 0. The Morgan fingerprint density at radius 1 is 1.00 bits per heavy atom. The molecule has 0 radical (unpaired) electrons. The van der Waals surface area contributed by atoms with Crippen LogP contribution in [0.4, 0.5) is 0 Å². The van der Waals surface area contributed by atoms with Crippen molar-refractivity contribution >= 4 is 34.1 Å². The van der Waals surface area contributed by atoms with Gasteiger partial charge in [0.05, 0.1) is 22.4 Å². The number of aromatic nitrogens is 2. The topological polar surface area (TPSA) is 17.8 Å². The molecule has 0 saturated carbocycles. The van der Waals surface area contributed by atoms with E-state index in [1.165, 1.54) is 0 Å². The van der Waals surface area contributed by atoms with E-state index in [-0.39, 0.29) is 0 Å². The van der Waals surface area contributed by atoms with Gasteiger partial charge in [0.15, 0.2) is 0 Å². The first kappa shape index (κ1) is 10.6. The first-order valence-corrected chi connectivity index (χ1v) is 5.89. The molecule has 0 N–H and O–H groups in total. The highest BCUT2D eigenvalue weighted by atomic mass is 35.5. The lowest BCUT2D eigenvalue weighted by Crippen LogP contribution is -1.96.